The number of nitrogens with one attached hydrogen (secondary N) is 2. The highest BCUT2D eigenvalue weighted by molar-refractivity contribution is 7.92. The van der Waals surface area contributed by atoms with E-state index in [1.807, 2.05) is 0 Å². The molecule has 6 nitrogen and oxygen atoms in total. The molecular formula is C23H22FN3O3S. The third-order valence-corrected chi connectivity index (χ3v) is 6.94. The van der Waals surface area contributed by atoms with Gasteiger partial charge in [-0.2, -0.15) is 0 Å². The van der Waals surface area contributed by atoms with Crippen LogP contribution in [0.5, 0.6) is 0 Å². The molecule has 0 saturated heterocycles. The van der Waals surface area contributed by atoms with Crippen LogP contribution in [0.4, 0.5) is 20.6 Å². The number of aryl methyl sites for hydroxylation is 1. The van der Waals surface area contributed by atoms with E-state index in [9.17, 15) is 17.6 Å². The molecule has 3 aromatic rings. The van der Waals surface area contributed by atoms with Gasteiger partial charge in [-0.05, 0) is 66.4 Å². The van der Waals surface area contributed by atoms with E-state index in [1.54, 1.807) is 60.7 Å². The van der Waals surface area contributed by atoms with Crippen LogP contribution in [-0.4, -0.2) is 21.0 Å². The predicted molar refractivity (Wildman–Crippen MR) is 118 cm³/mol. The Hall–Kier alpha value is -3.39. The Labute approximate surface area is 180 Å². The lowest BCUT2D eigenvalue weighted by molar-refractivity contribution is 0.251. The second kappa shape index (κ2) is 8.77. The zero-order valence-corrected chi connectivity index (χ0v) is 17.5. The quantitative estimate of drug-likeness (QED) is 0.623. The molecule has 0 fully saturated rings. The maximum absolute atomic E-state index is 13.1. The average molecular weight is 440 g/mol. The average Bonchev–Trinajstić information content (AvgIpc) is 2.78. The molecule has 1 aliphatic rings. The van der Waals surface area contributed by atoms with Crippen molar-refractivity contribution in [2.45, 2.75) is 24.3 Å². The van der Waals surface area contributed by atoms with E-state index < -0.39 is 16.1 Å². The smallest absolute Gasteiger partial charge is 0.319 e. The molecule has 1 aliphatic heterocycles. The third kappa shape index (κ3) is 4.69. The molecule has 0 bridgehead atoms. The second-order valence-electron chi connectivity index (χ2n) is 7.27. The summed E-state index contributed by atoms with van der Waals surface area (Å²) in [5, 5.41) is 5.49. The van der Waals surface area contributed by atoms with E-state index >= 15 is 0 Å². The van der Waals surface area contributed by atoms with Gasteiger partial charge >= 0.3 is 6.03 Å². The zero-order chi connectivity index (χ0) is 21.8. The fraction of sp³-hybridized carbons (Fsp3) is 0.174. The van der Waals surface area contributed by atoms with E-state index in [2.05, 4.69) is 10.6 Å². The number of benzene rings is 3. The number of hydrogen-bond donors (Lipinski definition) is 2. The summed E-state index contributed by atoms with van der Waals surface area (Å²) in [5.41, 5.74) is 2.85. The maximum Gasteiger partial charge on any atom is 0.319 e. The molecule has 0 spiro atoms. The van der Waals surface area contributed by atoms with Crippen LogP contribution in [0.3, 0.4) is 0 Å². The number of hydrogen-bond acceptors (Lipinski definition) is 3. The van der Waals surface area contributed by atoms with Crippen molar-refractivity contribution in [2.24, 2.45) is 0 Å². The third-order valence-electron chi connectivity index (χ3n) is 5.11. The number of urea groups is 1. The van der Waals surface area contributed by atoms with E-state index in [-0.39, 0.29) is 17.3 Å². The van der Waals surface area contributed by atoms with Gasteiger partial charge in [0.1, 0.15) is 5.82 Å². The van der Waals surface area contributed by atoms with Crippen molar-refractivity contribution < 1.29 is 17.6 Å². The van der Waals surface area contributed by atoms with Gasteiger partial charge in [0.2, 0.25) is 0 Å². The highest BCUT2D eigenvalue weighted by Gasteiger charge is 2.29. The van der Waals surface area contributed by atoms with Crippen molar-refractivity contribution in [1.29, 1.82) is 0 Å². The van der Waals surface area contributed by atoms with Gasteiger partial charge in [0.05, 0.1) is 10.6 Å². The van der Waals surface area contributed by atoms with Gasteiger partial charge in [-0.3, -0.25) is 4.31 Å². The van der Waals surface area contributed by atoms with Crippen molar-refractivity contribution >= 4 is 27.4 Å². The minimum absolute atomic E-state index is 0.255. The Balaban J connectivity index is 1.47. The monoisotopic (exact) mass is 439 g/mol. The molecule has 0 saturated carbocycles. The van der Waals surface area contributed by atoms with Crippen molar-refractivity contribution in [3.8, 4) is 0 Å². The Bertz CT molecular complexity index is 1180. The van der Waals surface area contributed by atoms with Crippen LogP contribution in [-0.2, 0) is 23.0 Å². The number of sulfonamides is 1. The van der Waals surface area contributed by atoms with Crippen LogP contribution in [0.1, 0.15) is 17.5 Å². The topological polar surface area (TPSA) is 78.5 Å². The number of halogens is 1. The highest BCUT2D eigenvalue weighted by atomic mass is 32.2. The Morgan fingerprint density at radius 3 is 2.48 bits per heavy atom. The summed E-state index contributed by atoms with van der Waals surface area (Å²) in [4.78, 5) is 12.5. The Kier molecular flexibility index (Phi) is 5.90. The van der Waals surface area contributed by atoms with Gasteiger partial charge < -0.3 is 10.6 Å². The number of carbonyl (C=O) groups excluding carboxylic acids is 1. The van der Waals surface area contributed by atoms with Crippen LogP contribution in [0.25, 0.3) is 0 Å². The molecule has 2 N–H and O–H groups in total. The first-order valence-electron chi connectivity index (χ1n) is 9.93. The summed E-state index contributed by atoms with van der Waals surface area (Å²) in [6.07, 6.45) is 1.42. The summed E-state index contributed by atoms with van der Waals surface area (Å²) in [5.74, 6) is -0.328. The number of carbonyl (C=O) groups is 1. The summed E-state index contributed by atoms with van der Waals surface area (Å²) in [7, 11) is -3.65. The number of rotatable bonds is 5. The van der Waals surface area contributed by atoms with Crippen molar-refractivity contribution in [2.75, 3.05) is 16.2 Å². The zero-order valence-electron chi connectivity index (χ0n) is 16.7. The van der Waals surface area contributed by atoms with Gasteiger partial charge in [-0.25, -0.2) is 17.6 Å². The highest BCUT2D eigenvalue weighted by Crippen LogP contribution is 2.33. The van der Waals surface area contributed by atoms with E-state index in [0.717, 1.165) is 17.5 Å². The fourth-order valence-corrected chi connectivity index (χ4v) is 5.13. The standard InChI is InChI=1S/C23H22FN3O3S/c24-19-10-8-17(9-11-19)16-25-23(28)26-20-12-13-22-18(15-20)5-4-14-27(22)31(29,30)21-6-2-1-3-7-21/h1-3,6-13,15H,4-5,14,16H2,(H2,25,26,28). The van der Waals surface area contributed by atoms with E-state index in [4.69, 9.17) is 0 Å². The molecule has 8 heteroatoms. The summed E-state index contributed by atoms with van der Waals surface area (Å²) in [6.45, 7) is 0.676. The molecule has 3 aromatic carbocycles. The van der Waals surface area contributed by atoms with Gasteiger partial charge in [0.25, 0.3) is 10.0 Å². The Morgan fingerprint density at radius 1 is 1.00 bits per heavy atom. The Morgan fingerprint density at radius 2 is 1.74 bits per heavy atom. The lowest BCUT2D eigenvalue weighted by atomic mass is 10.0. The molecule has 0 aromatic heterocycles. The van der Waals surface area contributed by atoms with Gasteiger partial charge in [0.15, 0.2) is 0 Å². The molecule has 0 atom stereocenters. The minimum atomic E-state index is -3.65. The predicted octanol–water partition coefficient (Wildman–Crippen LogP) is 4.29. The number of amides is 2. The molecule has 0 aliphatic carbocycles. The van der Waals surface area contributed by atoms with E-state index in [0.29, 0.717) is 24.3 Å². The molecular weight excluding hydrogens is 417 g/mol. The maximum atomic E-state index is 13.1. The summed E-state index contributed by atoms with van der Waals surface area (Å²) in [6, 6.07) is 19.1. The SMILES string of the molecule is O=C(NCc1ccc(F)cc1)Nc1ccc2c(c1)CCCN2S(=O)(=O)c1ccccc1. The summed E-state index contributed by atoms with van der Waals surface area (Å²) < 4.78 is 40.6. The van der Waals surface area contributed by atoms with E-state index in [1.165, 1.54) is 16.4 Å². The fourth-order valence-electron chi connectivity index (χ4n) is 3.57. The van der Waals surface area contributed by atoms with Crippen molar-refractivity contribution in [1.82, 2.24) is 5.32 Å². The lowest BCUT2D eigenvalue weighted by Gasteiger charge is -2.30. The van der Waals surface area contributed by atoms with Gasteiger partial charge in [-0.1, -0.05) is 30.3 Å². The largest absolute Gasteiger partial charge is 0.334 e. The molecule has 0 unspecified atom stereocenters. The first-order chi connectivity index (χ1) is 14.9. The van der Waals surface area contributed by atoms with Gasteiger partial charge in [0, 0.05) is 18.8 Å². The van der Waals surface area contributed by atoms with Crippen LogP contribution in [0.2, 0.25) is 0 Å². The van der Waals surface area contributed by atoms with Crippen LogP contribution < -0.4 is 14.9 Å². The molecule has 4 rings (SSSR count). The molecule has 31 heavy (non-hydrogen) atoms. The second-order valence-corrected chi connectivity index (χ2v) is 9.13. The van der Waals surface area contributed by atoms with Gasteiger partial charge in [-0.15, -0.1) is 0 Å². The molecule has 2 amide bonds. The number of nitrogens with zero attached hydrogens (tertiary/aromatic N) is 1. The first kappa shape index (κ1) is 20.9. The normalized spacial score (nSPS) is 13.4. The van der Waals surface area contributed by atoms with Crippen LogP contribution >= 0.6 is 0 Å². The summed E-state index contributed by atoms with van der Waals surface area (Å²) >= 11 is 0. The van der Waals surface area contributed by atoms with Crippen LogP contribution in [0.15, 0.2) is 77.7 Å². The molecule has 0 radical (unpaired) electrons. The minimum Gasteiger partial charge on any atom is -0.334 e. The first-order valence-corrected chi connectivity index (χ1v) is 11.4. The van der Waals surface area contributed by atoms with Crippen molar-refractivity contribution in [3.63, 3.8) is 0 Å². The van der Waals surface area contributed by atoms with Crippen LogP contribution in [0, 0.1) is 5.82 Å². The number of fused-ring (bicyclic) bond motifs is 1. The molecule has 1 heterocycles. The lowest BCUT2D eigenvalue weighted by Crippen LogP contribution is -2.35. The molecule has 160 valence electrons. The number of anilines is 2. The van der Waals surface area contributed by atoms with Crippen molar-refractivity contribution in [3.05, 3.63) is 89.7 Å².